The van der Waals surface area contributed by atoms with Crippen molar-refractivity contribution in [1.82, 2.24) is 14.9 Å². The Morgan fingerprint density at radius 1 is 1.29 bits per heavy atom. The number of benzene rings is 1. The number of piperidine rings is 1. The molecule has 0 amide bonds. The zero-order valence-corrected chi connectivity index (χ0v) is 13.8. The number of nitrogens with one attached hydrogen (secondary N) is 1. The standard InChI is InChI=1S/C18H22N4O2/c1-13-16(17(23)24)11-19-18(20-13)21-15-7-9-22(10-8-15)12-14-5-3-2-4-6-14/h2-6,11,15H,7-10,12H2,1H3,(H,23,24)(H,19,20,21). The van der Waals surface area contributed by atoms with Crippen molar-refractivity contribution in [2.45, 2.75) is 32.4 Å². The van der Waals surface area contributed by atoms with Crippen LogP contribution in [-0.4, -0.2) is 45.1 Å². The van der Waals surface area contributed by atoms with E-state index in [0.29, 0.717) is 17.7 Å². The number of carbonyl (C=O) groups is 1. The maximum Gasteiger partial charge on any atom is 0.339 e. The third-order valence-corrected chi connectivity index (χ3v) is 4.38. The van der Waals surface area contributed by atoms with Crippen molar-refractivity contribution in [3.8, 4) is 0 Å². The van der Waals surface area contributed by atoms with E-state index in [9.17, 15) is 4.79 Å². The Kier molecular flexibility index (Phi) is 5.05. The predicted molar refractivity (Wildman–Crippen MR) is 92.1 cm³/mol. The van der Waals surface area contributed by atoms with Crippen LogP contribution < -0.4 is 5.32 Å². The highest BCUT2D eigenvalue weighted by Crippen LogP contribution is 2.17. The summed E-state index contributed by atoms with van der Waals surface area (Å²) in [5.41, 5.74) is 1.98. The van der Waals surface area contributed by atoms with Crippen LogP contribution in [-0.2, 0) is 6.54 Å². The SMILES string of the molecule is Cc1nc(NC2CCN(Cc3ccccc3)CC2)ncc1C(=O)O. The van der Waals surface area contributed by atoms with E-state index in [1.165, 1.54) is 11.8 Å². The van der Waals surface area contributed by atoms with Gasteiger partial charge in [-0.2, -0.15) is 0 Å². The number of carboxylic acids is 1. The van der Waals surface area contributed by atoms with Crippen molar-refractivity contribution in [3.63, 3.8) is 0 Å². The van der Waals surface area contributed by atoms with Gasteiger partial charge in [0.1, 0.15) is 0 Å². The van der Waals surface area contributed by atoms with Crippen molar-refractivity contribution in [3.05, 3.63) is 53.3 Å². The molecule has 24 heavy (non-hydrogen) atoms. The molecule has 0 aliphatic carbocycles. The van der Waals surface area contributed by atoms with Crippen molar-refractivity contribution in [2.24, 2.45) is 0 Å². The van der Waals surface area contributed by atoms with Crippen molar-refractivity contribution in [1.29, 1.82) is 0 Å². The molecule has 1 saturated heterocycles. The zero-order valence-electron chi connectivity index (χ0n) is 13.8. The second-order valence-corrected chi connectivity index (χ2v) is 6.18. The summed E-state index contributed by atoms with van der Waals surface area (Å²) in [7, 11) is 0. The molecule has 6 heteroatoms. The summed E-state index contributed by atoms with van der Waals surface area (Å²) >= 11 is 0. The largest absolute Gasteiger partial charge is 0.478 e. The summed E-state index contributed by atoms with van der Waals surface area (Å²) in [6.07, 6.45) is 3.42. The third kappa shape index (κ3) is 4.08. The number of aromatic carboxylic acids is 1. The van der Waals surface area contributed by atoms with E-state index in [2.05, 4.69) is 44.5 Å². The fourth-order valence-electron chi connectivity index (χ4n) is 3.01. The number of hydrogen-bond acceptors (Lipinski definition) is 5. The number of aryl methyl sites for hydroxylation is 1. The number of hydrogen-bond donors (Lipinski definition) is 2. The van der Waals surface area contributed by atoms with E-state index < -0.39 is 5.97 Å². The highest BCUT2D eigenvalue weighted by molar-refractivity contribution is 5.88. The topological polar surface area (TPSA) is 78.4 Å². The van der Waals surface area contributed by atoms with Gasteiger partial charge >= 0.3 is 5.97 Å². The lowest BCUT2D eigenvalue weighted by atomic mass is 10.0. The van der Waals surface area contributed by atoms with Gasteiger partial charge in [0.2, 0.25) is 5.95 Å². The van der Waals surface area contributed by atoms with Gasteiger partial charge in [0.05, 0.1) is 11.3 Å². The Labute approximate surface area is 141 Å². The van der Waals surface area contributed by atoms with E-state index in [0.717, 1.165) is 32.5 Å². The van der Waals surface area contributed by atoms with Crippen molar-refractivity contribution < 1.29 is 9.90 Å². The lowest BCUT2D eigenvalue weighted by molar-refractivity contribution is 0.0695. The Bertz CT molecular complexity index is 697. The van der Waals surface area contributed by atoms with Gasteiger partial charge < -0.3 is 10.4 Å². The van der Waals surface area contributed by atoms with E-state index >= 15 is 0 Å². The fraction of sp³-hybridized carbons (Fsp3) is 0.389. The van der Waals surface area contributed by atoms with Crippen LogP contribution in [0.2, 0.25) is 0 Å². The molecular weight excluding hydrogens is 304 g/mol. The Hall–Kier alpha value is -2.47. The Morgan fingerprint density at radius 2 is 2.00 bits per heavy atom. The molecule has 2 N–H and O–H groups in total. The fourth-order valence-corrected chi connectivity index (χ4v) is 3.01. The molecule has 1 aromatic heterocycles. The number of carboxylic acid groups (broad SMARTS) is 1. The minimum atomic E-state index is -0.992. The summed E-state index contributed by atoms with van der Waals surface area (Å²) in [6.45, 7) is 4.73. The van der Waals surface area contributed by atoms with E-state index in [1.54, 1.807) is 6.92 Å². The molecule has 2 heterocycles. The predicted octanol–water partition coefficient (Wildman–Crippen LogP) is 2.56. The molecule has 0 atom stereocenters. The molecule has 2 aromatic rings. The zero-order chi connectivity index (χ0) is 16.9. The molecule has 0 spiro atoms. The first-order chi connectivity index (χ1) is 11.6. The highest BCUT2D eigenvalue weighted by Gasteiger charge is 2.20. The molecule has 1 aliphatic heterocycles. The third-order valence-electron chi connectivity index (χ3n) is 4.38. The second-order valence-electron chi connectivity index (χ2n) is 6.18. The van der Waals surface area contributed by atoms with E-state index in [-0.39, 0.29) is 5.56 Å². The number of likely N-dealkylation sites (tertiary alicyclic amines) is 1. The van der Waals surface area contributed by atoms with Gasteiger partial charge in [-0.15, -0.1) is 0 Å². The molecule has 126 valence electrons. The van der Waals surface area contributed by atoms with Crippen LogP contribution in [0.15, 0.2) is 36.5 Å². The first-order valence-corrected chi connectivity index (χ1v) is 8.21. The summed E-state index contributed by atoms with van der Waals surface area (Å²) < 4.78 is 0. The van der Waals surface area contributed by atoms with Crippen LogP contribution in [0.4, 0.5) is 5.95 Å². The van der Waals surface area contributed by atoms with Gasteiger partial charge in [0.15, 0.2) is 0 Å². The molecule has 0 saturated carbocycles. The smallest absolute Gasteiger partial charge is 0.339 e. The average Bonchev–Trinajstić information content (AvgIpc) is 2.57. The maximum atomic E-state index is 11.0. The number of rotatable bonds is 5. The first-order valence-electron chi connectivity index (χ1n) is 8.21. The molecule has 1 fully saturated rings. The van der Waals surface area contributed by atoms with Gasteiger partial charge in [0.25, 0.3) is 0 Å². The summed E-state index contributed by atoms with van der Waals surface area (Å²) in [5.74, 6) is -0.479. The monoisotopic (exact) mass is 326 g/mol. The van der Waals surface area contributed by atoms with Crippen LogP contribution >= 0.6 is 0 Å². The molecule has 0 bridgehead atoms. The molecular formula is C18H22N4O2. The van der Waals surface area contributed by atoms with Crippen LogP contribution in [0.1, 0.15) is 34.5 Å². The maximum absolute atomic E-state index is 11.0. The summed E-state index contributed by atoms with van der Waals surface area (Å²) in [4.78, 5) is 21.8. The highest BCUT2D eigenvalue weighted by atomic mass is 16.4. The van der Waals surface area contributed by atoms with Crippen LogP contribution in [0, 0.1) is 6.92 Å². The lowest BCUT2D eigenvalue weighted by Crippen LogP contribution is -2.39. The van der Waals surface area contributed by atoms with Gasteiger partial charge in [-0.25, -0.2) is 14.8 Å². The van der Waals surface area contributed by atoms with E-state index in [1.807, 2.05) is 6.07 Å². The van der Waals surface area contributed by atoms with Crippen LogP contribution in [0.5, 0.6) is 0 Å². The second kappa shape index (κ2) is 7.40. The lowest BCUT2D eigenvalue weighted by Gasteiger charge is -2.32. The van der Waals surface area contributed by atoms with Crippen LogP contribution in [0.3, 0.4) is 0 Å². The number of nitrogens with zero attached hydrogens (tertiary/aromatic N) is 3. The number of aromatic nitrogens is 2. The summed E-state index contributed by atoms with van der Waals surface area (Å²) in [6, 6.07) is 10.8. The normalized spacial score (nSPS) is 16.0. The van der Waals surface area contributed by atoms with Gasteiger partial charge in [-0.05, 0) is 25.3 Å². The van der Waals surface area contributed by atoms with Crippen LogP contribution in [0.25, 0.3) is 0 Å². The molecule has 1 aliphatic rings. The summed E-state index contributed by atoms with van der Waals surface area (Å²) in [5, 5.41) is 12.4. The first kappa shape index (κ1) is 16.4. The molecule has 6 nitrogen and oxygen atoms in total. The minimum Gasteiger partial charge on any atom is -0.478 e. The molecule has 0 unspecified atom stereocenters. The molecule has 3 rings (SSSR count). The van der Waals surface area contributed by atoms with E-state index in [4.69, 9.17) is 5.11 Å². The minimum absolute atomic E-state index is 0.151. The average molecular weight is 326 g/mol. The quantitative estimate of drug-likeness (QED) is 0.879. The van der Waals surface area contributed by atoms with Crippen molar-refractivity contribution >= 4 is 11.9 Å². The van der Waals surface area contributed by atoms with Crippen molar-refractivity contribution in [2.75, 3.05) is 18.4 Å². The van der Waals surface area contributed by atoms with Gasteiger partial charge in [0, 0.05) is 31.9 Å². The number of anilines is 1. The van der Waals surface area contributed by atoms with Gasteiger partial charge in [-0.3, -0.25) is 4.90 Å². The Balaban J connectivity index is 1.52. The molecule has 0 radical (unpaired) electrons. The Morgan fingerprint density at radius 3 is 2.62 bits per heavy atom. The molecule has 1 aromatic carbocycles. The van der Waals surface area contributed by atoms with Gasteiger partial charge in [-0.1, -0.05) is 30.3 Å².